The summed E-state index contributed by atoms with van der Waals surface area (Å²) >= 11 is 0. The third-order valence-electron chi connectivity index (χ3n) is 3.25. The molecule has 0 aliphatic carbocycles. The molecule has 0 aliphatic rings. The normalized spacial score (nSPS) is 11.8. The van der Waals surface area contributed by atoms with Crippen LogP contribution in [-0.4, -0.2) is 21.1 Å². The zero-order valence-electron chi connectivity index (χ0n) is 11.2. The minimum absolute atomic E-state index is 0.0402. The number of halogens is 3. The summed E-state index contributed by atoms with van der Waals surface area (Å²) in [5.41, 5.74) is 0.418. The Morgan fingerprint density at radius 1 is 1.23 bits per heavy atom. The summed E-state index contributed by atoms with van der Waals surface area (Å²) in [6, 6.07) is 5.85. The summed E-state index contributed by atoms with van der Waals surface area (Å²) in [4.78, 5) is 14.5. The highest BCUT2D eigenvalue weighted by Crippen LogP contribution is 2.31. The molecular weight excluding hydrogens is 295 g/mol. The van der Waals surface area contributed by atoms with E-state index in [1.54, 1.807) is 24.4 Å². The Morgan fingerprint density at radius 3 is 2.77 bits per heavy atom. The van der Waals surface area contributed by atoms with Gasteiger partial charge < -0.3 is 0 Å². The molecule has 112 valence electrons. The van der Waals surface area contributed by atoms with Crippen molar-refractivity contribution in [2.45, 2.75) is 12.7 Å². The van der Waals surface area contributed by atoms with Crippen LogP contribution in [0.15, 0.2) is 42.9 Å². The molecule has 0 radical (unpaired) electrons. The van der Waals surface area contributed by atoms with E-state index in [1.807, 2.05) is 0 Å². The molecule has 0 aliphatic heterocycles. The standard InChI is InChI=1S/C15H10F3N3O/c16-15(17,18)13-3-4-19-6-12(13)8-21-7-11-5-10(9-22)1-2-14(11)20-21/h1-7,9H,8H2. The van der Waals surface area contributed by atoms with Gasteiger partial charge in [-0.05, 0) is 24.3 Å². The first kappa shape index (κ1) is 14.2. The Kier molecular flexibility index (Phi) is 3.40. The summed E-state index contributed by atoms with van der Waals surface area (Å²) in [5, 5.41) is 4.91. The van der Waals surface area contributed by atoms with Gasteiger partial charge in [-0.15, -0.1) is 0 Å². The lowest BCUT2D eigenvalue weighted by Crippen LogP contribution is -2.12. The van der Waals surface area contributed by atoms with Crippen molar-refractivity contribution < 1.29 is 18.0 Å². The van der Waals surface area contributed by atoms with Crippen LogP contribution in [0.3, 0.4) is 0 Å². The fourth-order valence-electron chi connectivity index (χ4n) is 2.25. The number of carbonyl (C=O) groups is 1. The predicted octanol–water partition coefficient (Wildman–Crippen LogP) is 3.31. The van der Waals surface area contributed by atoms with Gasteiger partial charge in [0.05, 0.1) is 17.6 Å². The van der Waals surface area contributed by atoms with Gasteiger partial charge >= 0.3 is 6.18 Å². The van der Waals surface area contributed by atoms with Crippen LogP contribution in [0, 0.1) is 0 Å². The number of hydrogen-bond acceptors (Lipinski definition) is 3. The molecule has 7 heteroatoms. The summed E-state index contributed by atoms with van der Waals surface area (Å²) < 4.78 is 40.3. The van der Waals surface area contributed by atoms with Crippen LogP contribution in [0.2, 0.25) is 0 Å². The molecule has 0 spiro atoms. The summed E-state index contributed by atoms with van der Waals surface area (Å²) in [5.74, 6) is 0. The van der Waals surface area contributed by atoms with Crippen molar-refractivity contribution in [1.82, 2.24) is 14.8 Å². The van der Waals surface area contributed by atoms with Crippen LogP contribution in [0.5, 0.6) is 0 Å². The number of rotatable bonds is 3. The molecule has 0 saturated heterocycles. The Labute approximate surface area is 123 Å². The second-order valence-electron chi connectivity index (χ2n) is 4.79. The molecule has 4 nitrogen and oxygen atoms in total. The number of carbonyl (C=O) groups excluding carboxylic acids is 1. The second kappa shape index (κ2) is 5.25. The number of benzene rings is 1. The fraction of sp³-hybridized carbons (Fsp3) is 0.133. The molecule has 3 aromatic rings. The Morgan fingerprint density at radius 2 is 2.05 bits per heavy atom. The summed E-state index contributed by atoms with van der Waals surface area (Å²) in [7, 11) is 0. The number of nitrogens with zero attached hydrogens (tertiary/aromatic N) is 3. The van der Waals surface area contributed by atoms with Crippen molar-refractivity contribution in [3.8, 4) is 0 Å². The third kappa shape index (κ3) is 2.69. The summed E-state index contributed by atoms with van der Waals surface area (Å²) in [6.45, 7) is -0.0478. The molecular formula is C15H10F3N3O. The molecule has 1 aromatic carbocycles. The average Bonchev–Trinajstić information content (AvgIpc) is 2.87. The molecule has 0 bridgehead atoms. The van der Waals surface area contributed by atoms with E-state index in [-0.39, 0.29) is 12.1 Å². The van der Waals surface area contributed by atoms with Gasteiger partial charge in [0.15, 0.2) is 0 Å². The van der Waals surface area contributed by atoms with Crippen molar-refractivity contribution in [3.05, 3.63) is 59.5 Å². The first-order valence-corrected chi connectivity index (χ1v) is 6.40. The van der Waals surface area contributed by atoms with E-state index in [0.717, 1.165) is 12.3 Å². The Hall–Kier alpha value is -2.70. The van der Waals surface area contributed by atoms with E-state index < -0.39 is 11.7 Å². The van der Waals surface area contributed by atoms with Crippen molar-refractivity contribution in [1.29, 1.82) is 0 Å². The lowest BCUT2D eigenvalue weighted by atomic mass is 10.1. The third-order valence-corrected chi connectivity index (χ3v) is 3.25. The van der Waals surface area contributed by atoms with Crippen LogP contribution in [0.4, 0.5) is 13.2 Å². The van der Waals surface area contributed by atoms with E-state index >= 15 is 0 Å². The van der Waals surface area contributed by atoms with Crippen LogP contribution in [0.1, 0.15) is 21.5 Å². The lowest BCUT2D eigenvalue weighted by Gasteiger charge is -2.11. The lowest BCUT2D eigenvalue weighted by molar-refractivity contribution is -0.138. The van der Waals surface area contributed by atoms with Crippen LogP contribution in [0.25, 0.3) is 10.9 Å². The van der Waals surface area contributed by atoms with Crippen LogP contribution >= 0.6 is 0 Å². The molecule has 0 amide bonds. The zero-order chi connectivity index (χ0) is 15.7. The smallest absolute Gasteiger partial charge is 0.298 e. The predicted molar refractivity (Wildman–Crippen MR) is 73.5 cm³/mol. The van der Waals surface area contributed by atoms with Crippen molar-refractivity contribution in [2.75, 3.05) is 0 Å². The average molecular weight is 305 g/mol. The van der Waals surface area contributed by atoms with E-state index in [0.29, 0.717) is 22.8 Å². The zero-order valence-corrected chi connectivity index (χ0v) is 11.2. The monoisotopic (exact) mass is 305 g/mol. The van der Waals surface area contributed by atoms with Crippen molar-refractivity contribution in [3.63, 3.8) is 0 Å². The molecule has 22 heavy (non-hydrogen) atoms. The number of pyridine rings is 1. The van der Waals surface area contributed by atoms with Gasteiger partial charge in [0.1, 0.15) is 6.29 Å². The quantitative estimate of drug-likeness (QED) is 0.697. The number of aromatic nitrogens is 3. The first-order valence-electron chi connectivity index (χ1n) is 6.40. The van der Waals surface area contributed by atoms with Gasteiger partial charge in [0.25, 0.3) is 0 Å². The molecule has 3 rings (SSSR count). The number of alkyl halides is 3. The van der Waals surface area contributed by atoms with E-state index in [9.17, 15) is 18.0 Å². The molecule has 0 N–H and O–H groups in total. The largest absolute Gasteiger partial charge is 0.416 e. The van der Waals surface area contributed by atoms with E-state index in [4.69, 9.17) is 0 Å². The SMILES string of the molecule is O=Cc1ccc2nn(Cc3cnccc3C(F)(F)F)cc2c1. The number of fused-ring (bicyclic) bond motifs is 1. The van der Waals surface area contributed by atoms with Gasteiger partial charge in [-0.3, -0.25) is 14.5 Å². The Balaban J connectivity index is 1.99. The highest BCUT2D eigenvalue weighted by Gasteiger charge is 2.33. The minimum atomic E-state index is -4.43. The van der Waals surface area contributed by atoms with Gasteiger partial charge in [-0.1, -0.05) is 0 Å². The maximum atomic E-state index is 13.0. The van der Waals surface area contributed by atoms with Gasteiger partial charge in [-0.2, -0.15) is 18.3 Å². The molecule has 0 fully saturated rings. The molecule has 0 saturated carbocycles. The van der Waals surface area contributed by atoms with E-state index in [1.165, 1.54) is 10.9 Å². The highest BCUT2D eigenvalue weighted by molar-refractivity contribution is 5.86. The number of hydrogen-bond donors (Lipinski definition) is 0. The van der Waals surface area contributed by atoms with Gasteiger partial charge in [0, 0.05) is 35.1 Å². The van der Waals surface area contributed by atoms with E-state index in [2.05, 4.69) is 10.1 Å². The fourth-order valence-corrected chi connectivity index (χ4v) is 2.25. The van der Waals surface area contributed by atoms with Crippen molar-refractivity contribution >= 4 is 17.2 Å². The maximum Gasteiger partial charge on any atom is 0.416 e. The van der Waals surface area contributed by atoms with Gasteiger partial charge in [-0.25, -0.2) is 0 Å². The molecule has 0 atom stereocenters. The minimum Gasteiger partial charge on any atom is -0.298 e. The second-order valence-corrected chi connectivity index (χ2v) is 4.79. The summed E-state index contributed by atoms with van der Waals surface area (Å²) in [6.07, 6.45) is 0.180. The highest BCUT2D eigenvalue weighted by atomic mass is 19.4. The van der Waals surface area contributed by atoms with Crippen LogP contribution in [-0.2, 0) is 12.7 Å². The molecule has 0 unspecified atom stereocenters. The Bertz CT molecular complexity index is 839. The molecule has 2 aromatic heterocycles. The molecule has 2 heterocycles. The topological polar surface area (TPSA) is 47.8 Å². The van der Waals surface area contributed by atoms with Crippen molar-refractivity contribution in [2.24, 2.45) is 0 Å². The first-order chi connectivity index (χ1) is 10.5. The number of aldehydes is 1. The van der Waals surface area contributed by atoms with Gasteiger partial charge in [0.2, 0.25) is 0 Å². The van der Waals surface area contributed by atoms with Crippen LogP contribution < -0.4 is 0 Å². The maximum absolute atomic E-state index is 13.0.